The van der Waals surface area contributed by atoms with Crippen molar-refractivity contribution in [3.05, 3.63) is 0 Å². The van der Waals surface area contributed by atoms with Crippen molar-refractivity contribution in [3.8, 4) is 0 Å². The van der Waals surface area contributed by atoms with Gasteiger partial charge in [0.05, 0.1) is 5.41 Å². The zero-order chi connectivity index (χ0) is 15.6. The number of rotatable bonds is 2. The molecule has 0 spiro atoms. The Morgan fingerprint density at radius 2 is 1.95 bits per heavy atom. The van der Waals surface area contributed by atoms with Crippen LogP contribution < -0.4 is 5.32 Å². The minimum atomic E-state index is -0.948. The van der Waals surface area contributed by atoms with Gasteiger partial charge >= 0.3 is 12.0 Å². The highest BCUT2D eigenvalue weighted by molar-refractivity contribution is 5.86. The zero-order valence-electron chi connectivity index (χ0n) is 12.6. The number of likely N-dealkylation sites (tertiary alicyclic amines) is 2. The van der Waals surface area contributed by atoms with E-state index in [-0.39, 0.29) is 11.9 Å². The molecule has 118 valence electrons. The summed E-state index contributed by atoms with van der Waals surface area (Å²) < 4.78 is 0. The molecule has 0 radical (unpaired) electrons. The second-order valence-electron chi connectivity index (χ2n) is 6.14. The van der Waals surface area contributed by atoms with Crippen LogP contribution in [0.4, 0.5) is 4.79 Å². The van der Waals surface area contributed by atoms with Crippen LogP contribution in [0.2, 0.25) is 0 Å². The second kappa shape index (κ2) is 5.91. The summed E-state index contributed by atoms with van der Waals surface area (Å²) in [4.78, 5) is 38.8. The standard InChI is InChI=1S/C14H23N3O4/c1-14(12(20)15-2)6-8-16(9-14)13(21)17-7-4-3-5-10(17)11(18)19/h10H,3-9H2,1-2H3,(H,15,20)(H,18,19). The summed E-state index contributed by atoms with van der Waals surface area (Å²) in [7, 11) is 1.59. The highest BCUT2D eigenvalue weighted by Gasteiger charge is 2.44. The molecule has 2 unspecified atom stereocenters. The van der Waals surface area contributed by atoms with E-state index in [1.807, 2.05) is 6.92 Å². The first-order valence-corrected chi connectivity index (χ1v) is 7.39. The molecule has 2 N–H and O–H groups in total. The lowest BCUT2D eigenvalue weighted by Crippen LogP contribution is -2.53. The first-order chi connectivity index (χ1) is 9.89. The van der Waals surface area contributed by atoms with Gasteiger partial charge in [0.2, 0.25) is 5.91 Å². The maximum absolute atomic E-state index is 12.6. The van der Waals surface area contributed by atoms with Crippen LogP contribution in [0.25, 0.3) is 0 Å². The van der Waals surface area contributed by atoms with Gasteiger partial charge < -0.3 is 20.2 Å². The van der Waals surface area contributed by atoms with Crippen molar-refractivity contribution in [1.82, 2.24) is 15.1 Å². The van der Waals surface area contributed by atoms with Crippen LogP contribution in [-0.4, -0.2) is 65.5 Å². The molecular formula is C14H23N3O4. The van der Waals surface area contributed by atoms with Crippen LogP contribution >= 0.6 is 0 Å². The molecule has 0 aromatic rings. The first kappa shape index (κ1) is 15.6. The van der Waals surface area contributed by atoms with Crippen LogP contribution in [0.5, 0.6) is 0 Å². The molecule has 0 bridgehead atoms. The van der Waals surface area contributed by atoms with Crippen LogP contribution in [-0.2, 0) is 9.59 Å². The normalized spacial score (nSPS) is 29.3. The Kier molecular flexibility index (Phi) is 4.39. The predicted octanol–water partition coefficient (Wildman–Crippen LogP) is 0.504. The van der Waals surface area contributed by atoms with Crippen molar-refractivity contribution in [1.29, 1.82) is 0 Å². The molecule has 0 saturated carbocycles. The van der Waals surface area contributed by atoms with Gasteiger partial charge in [-0.1, -0.05) is 0 Å². The van der Waals surface area contributed by atoms with Gasteiger partial charge in [0.15, 0.2) is 0 Å². The number of urea groups is 1. The summed E-state index contributed by atoms with van der Waals surface area (Å²) in [5.74, 6) is -1.03. The largest absolute Gasteiger partial charge is 0.480 e. The number of piperidine rings is 1. The maximum Gasteiger partial charge on any atom is 0.326 e. The van der Waals surface area contributed by atoms with E-state index in [2.05, 4.69) is 5.32 Å². The van der Waals surface area contributed by atoms with Crippen molar-refractivity contribution in [2.45, 2.75) is 38.6 Å². The maximum atomic E-state index is 12.6. The molecule has 0 aromatic heterocycles. The Bertz CT molecular complexity index is 454. The summed E-state index contributed by atoms with van der Waals surface area (Å²) in [6, 6.07) is -0.993. The van der Waals surface area contributed by atoms with E-state index < -0.39 is 17.4 Å². The number of hydrogen-bond donors (Lipinski definition) is 2. The molecular weight excluding hydrogens is 274 g/mol. The van der Waals surface area contributed by atoms with E-state index in [0.29, 0.717) is 32.5 Å². The number of carbonyl (C=O) groups is 3. The predicted molar refractivity (Wildman–Crippen MR) is 75.7 cm³/mol. The van der Waals surface area contributed by atoms with Gasteiger partial charge in [0, 0.05) is 26.7 Å². The monoisotopic (exact) mass is 297 g/mol. The number of amides is 3. The van der Waals surface area contributed by atoms with Crippen molar-refractivity contribution >= 4 is 17.9 Å². The molecule has 0 aliphatic carbocycles. The molecule has 0 aromatic carbocycles. The topological polar surface area (TPSA) is 90.0 Å². The molecule has 21 heavy (non-hydrogen) atoms. The minimum Gasteiger partial charge on any atom is -0.480 e. The lowest BCUT2D eigenvalue weighted by Gasteiger charge is -2.36. The molecule has 3 amide bonds. The third kappa shape index (κ3) is 2.96. The van der Waals surface area contributed by atoms with Crippen LogP contribution in [0.1, 0.15) is 32.6 Å². The number of carbonyl (C=O) groups excluding carboxylic acids is 2. The van der Waals surface area contributed by atoms with E-state index in [1.165, 1.54) is 4.90 Å². The molecule has 2 aliphatic rings. The lowest BCUT2D eigenvalue weighted by atomic mass is 9.89. The Morgan fingerprint density at radius 3 is 2.57 bits per heavy atom. The third-order valence-corrected chi connectivity index (χ3v) is 4.55. The number of aliphatic carboxylic acids is 1. The Labute approximate surface area is 124 Å². The van der Waals surface area contributed by atoms with Gasteiger partial charge in [-0.15, -0.1) is 0 Å². The average Bonchev–Trinajstić information content (AvgIpc) is 2.89. The average molecular weight is 297 g/mol. The quantitative estimate of drug-likeness (QED) is 0.777. The molecule has 2 atom stereocenters. The van der Waals surface area contributed by atoms with Gasteiger partial charge in [0.1, 0.15) is 6.04 Å². The number of carboxylic acid groups (broad SMARTS) is 1. The van der Waals surface area contributed by atoms with E-state index in [4.69, 9.17) is 0 Å². The smallest absolute Gasteiger partial charge is 0.326 e. The molecule has 2 rings (SSSR count). The van der Waals surface area contributed by atoms with Gasteiger partial charge in [-0.05, 0) is 32.6 Å². The third-order valence-electron chi connectivity index (χ3n) is 4.55. The van der Waals surface area contributed by atoms with E-state index in [1.54, 1.807) is 11.9 Å². The van der Waals surface area contributed by atoms with Crippen molar-refractivity contribution in [2.24, 2.45) is 5.41 Å². The van der Waals surface area contributed by atoms with Crippen molar-refractivity contribution < 1.29 is 19.5 Å². The zero-order valence-corrected chi connectivity index (χ0v) is 12.6. The fourth-order valence-corrected chi connectivity index (χ4v) is 3.21. The van der Waals surface area contributed by atoms with Crippen molar-refractivity contribution in [3.63, 3.8) is 0 Å². The SMILES string of the molecule is CNC(=O)C1(C)CCN(C(=O)N2CCCCC2C(=O)O)C1. The van der Waals surface area contributed by atoms with E-state index in [0.717, 1.165) is 12.8 Å². The van der Waals surface area contributed by atoms with Gasteiger partial charge in [0.25, 0.3) is 0 Å². The molecule has 2 aliphatic heterocycles. The molecule has 2 fully saturated rings. The number of nitrogens with one attached hydrogen (secondary N) is 1. The number of carboxylic acids is 1. The van der Waals surface area contributed by atoms with Crippen molar-refractivity contribution in [2.75, 3.05) is 26.7 Å². The fourth-order valence-electron chi connectivity index (χ4n) is 3.21. The first-order valence-electron chi connectivity index (χ1n) is 7.39. The summed E-state index contributed by atoms with van der Waals surface area (Å²) in [5, 5.41) is 11.9. The van der Waals surface area contributed by atoms with Gasteiger partial charge in [-0.3, -0.25) is 4.79 Å². The Morgan fingerprint density at radius 1 is 1.24 bits per heavy atom. The summed E-state index contributed by atoms with van der Waals surface area (Å²) in [6.07, 6.45) is 2.76. The summed E-state index contributed by atoms with van der Waals surface area (Å²) in [6.45, 7) is 3.15. The van der Waals surface area contributed by atoms with Gasteiger partial charge in [-0.25, -0.2) is 9.59 Å². The summed E-state index contributed by atoms with van der Waals surface area (Å²) >= 11 is 0. The Balaban J connectivity index is 2.07. The number of nitrogens with zero attached hydrogens (tertiary/aromatic N) is 2. The molecule has 7 nitrogen and oxygen atoms in total. The minimum absolute atomic E-state index is 0.0776. The van der Waals surface area contributed by atoms with Crippen LogP contribution in [0, 0.1) is 5.41 Å². The van der Waals surface area contributed by atoms with Crippen LogP contribution in [0.15, 0.2) is 0 Å². The highest BCUT2D eigenvalue weighted by Crippen LogP contribution is 2.31. The van der Waals surface area contributed by atoms with Crippen LogP contribution in [0.3, 0.4) is 0 Å². The van der Waals surface area contributed by atoms with Gasteiger partial charge in [-0.2, -0.15) is 0 Å². The van der Waals surface area contributed by atoms with E-state index in [9.17, 15) is 19.5 Å². The summed E-state index contributed by atoms with van der Waals surface area (Å²) in [5.41, 5.74) is -0.584. The molecule has 2 saturated heterocycles. The highest BCUT2D eigenvalue weighted by atomic mass is 16.4. The molecule has 7 heteroatoms. The second-order valence-corrected chi connectivity index (χ2v) is 6.14. The Hall–Kier alpha value is -1.79. The fraction of sp³-hybridized carbons (Fsp3) is 0.786. The van der Waals surface area contributed by atoms with E-state index >= 15 is 0 Å². The number of hydrogen-bond acceptors (Lipinski definition) is 3. The molecule has 2 heterocycles. The lowest BCUT2D eigenvalue weighted by molar-refractivity contribution is -0.143.